The van der Waals surface area contributed by atoms with Crippen molar-refractivity contribution in [3.8, 4) is 0 Å². The van der Waals surface area contributed by atoms with Gasteiger partial charge in [0.1, 0.15) is 23.1 Å². The van der Waals surface area contributed by atoms with Crippen molar-refractivity contribution in [2.45, 2.75) is 58.7 Å². The van der Waals surface area contributed by atoms with Crippen molar-refractivity contribution in [1.29, 1.82) is 0 Å². The number of hydrogen-bond acceptors (Lipinski definition) is 7. The number of piperidine rings is 1. The van der Waals surface area contributed by atoms with Crippen molar-refractivity contribution in [2.24, 2.45) is 0 Å². The zero-order chi connectivity index (χ0) is 22.8. The number of alkyl carbamates (subject to hydrolysis) is 1. The Labute approximate surface area is 180 Å². The predicted octanol–water partition coefficient (Wildman–Crippen LogP) is 2.07. The van der Waals surface area contributed by atoms with Crippen LogP contribution in [0.1, 0.15) is 49.7 Å². The average Bonchev–Trinajstić information content (AvgIpc) is 3.03. The summed E-state index contributed by atoms with van der Waals surface area (Å²) in [7, 11) is 1.55. The van der Waals surface area contributed by atoms with Gasteiger partial charge in [0, 0.05) is 26.2 Å². The van der Waals surface area contributed by atoms with Crippen LogP contribution in [0.4, 0.5) is 4.79 Å². The second kappa shape index (κ2) is 9.09. The largest absolute Gasteiger partial charge is 0.444 e. The molecule has 3 heterocycles. The van der Waals surface area contributed by atoms with Crippen LogP contribution in [0.15, 0.2) is 15.5 Å². The van der Waals surface area contributed by atoms with Crippen molar-refractivity contribution in [2.75, 3.05) is 26.8 Å². The standard InChI is InChI=1S/C21H30N4O6/c1-13-15(16-17(30-13)22-12-25(19(16)27)10-11-29-5)18(26)24-8-6-14(7-9-24)23-20(28)31-21(2,3)4/h12,14H,6-11H2,1-5H3,(H,23,28). The van der Waals surface area contributed by atoms with E-state index in [0.717, 1.165) is 0 Å². The molecule has 0 saturated carbocycles. The number of aromatic nitrogens is 2. The molecule has 0 spiro atoms. The molecule has 0 aromatic carbocycles. The first-order chi connectivity index (χ1) is 14.6. The number of rotatable bonds is 5. The molecule has 2 aromatic rings. The third kappa shape index (κ3) is 5.25. The lowest BCUT2D eigenvalue weighted by Crippen LogP contribution is -2.47. The minimum atomic E-state index is -0.565. The van der Waals surface area contributed by atoms with Crippen LogP contribution in [0.25, 0.3) is 11.1 Å². The van der Waals surface area contributed by atoms with Gasteiger partial charge in [0.2, 0.25) is 5.71 Å². The summed E-state index contributed by atoms with van der Waals surface area (Å²) in [5.74, 6) is 0.0958. The number of nitrogens with zero attached hydrogens (tertiary/aromatic N) is 3. The summed E-state index contributed by atoms with van der Waals surface area (Å²) in [6.45, 7) is 8.66. The number of methoxy groups -OCH3 is 1. The molecule has 10 nitrogen and oxygen atoms in total. The number of carbonyl (C=O) groups is 2. The van der Waals surface area contributed by atoms with Crippen molar-refractivity contribution < 1.29 is 23.5 Å². The van der Waals surface area contributed by atoms with Crippen LogP contribution < -0.4 is 10.9 Å². The van der Waals surface area contributed by atoms with E-state index in [1.165, 1.54) is 10.9 Å². The summed E-state index contributed by atoms with van der Waals surface area (Å²) in [6.07, 6.45) is 2.12. The SMILES string of the molecule is COCCn1cnc2oc(C)c(C(=O)N3CCC(NC(=O)OC(C)(C)C)CC3)c2c1=O. The van der Waals surface area contributed by atoms with Crippen LogP contribution in [0.2, 0.25) is 0 Å². The highest BCUT2D eigenvalue weighted by molar-refractivity contribution is 6.06. The lowest BCUT2D eigenvalue weighted by Gasteiger charge is -2.32. The fourth-order valence-electron chi connectivity index (χ4n) is 3.60. The lowest BCUT2D eigenvalue weighted by atomic mass is 10.0. The number of amides is 2. The molecular weight excluding hydrogens is 404 g/mol. The third-order valence-corrected chi connectivity index (χ3v) is 5.11. The van der Waals surface area contributed by atoms with E-state index in [4.69, 9.17) is 13.9 Å². The molecule has 1 saturated heterocycles. The Hall–Kier alpha value is -2.88. The molecule has 0 radical (unpaired) electrons. The molecule has 0 atom stereocenters. The van der Waals surface area contributed by atoms with Gasteiger partial charge in [-0.05, 0) is 40.5 Å². The maximum atomic E-state index is 13.2. The Bertz CT molecular complexity index is 1010. The third-order valence-electron chi connectivity index (χ3n) is 5.11. The number of furan rings is 1. The van der Waals surface area contributed by atoms with E-state index >= 15 is 0 Å². The van der Waals surface area contributed by atoms with E-state index in [1.807, 2.05) is 20.8 Å². The molecule has 0 bridgehead atoms. The monoisotopic (exact) mass is 434 g/mol. The molecule has 10 heteroatoms. The normalized spacial score (nSPS) is 15.3. The Morgan fingerprint density at radius 3 is 2.58 bits per heavy atom. The first kappa shape index (κ1) is 22.8. The minimum absolute atomic E-state index is 0.0750. The first-order valence-electron chi connectivity index (χ1n) is 10.4. The van der Waals surface area contributed by atoms with Gasteiger partial charge in [-0.2, -0.15) is 0 Å². The van der Waals surface area contributed by atoms with Crippen molar-refractivity contribution in [1.82, 2.24) is 19.8 Å². The molecule has 0 unspecified atom stereocenters. The highest BCUT2D eigenvalue weighted by atomic mass is 16.6. The van der Waals surface area contributed by atoms with Crippen molar-refractivity contribution in [3.63, 3.8) is 0 Å². The average molecular weight is 434 g/mol. The second-order valence-electron chi connectivity index (χ2n) is 8.66. The zero-order valence-corrected chi connectivity index (χ0v) is 18.7. The lowest BCUT2D eigenvalue weighted by molar-refractivity contribution is 0.0473. The van der Waals surface area contributed by atoms with Gasteiger partial charge in [0.25, 0.3) is 11.5 Å². The van der Waals surface area contributed by atoms with Gasteiger partial charge in [-0.3, -0.25) is 14.2 Å². The minimum Gasteiger partial charge on any atom is -0.444 e. The summed E-state index contributed by atoms with van der Waals surface area (Å²) >= 11 is 0. The fraction of sp³-hybridized carbons (Fsp3) is 0.619. The second-order valence-corrected chi connectivity index (χ2v) is 8.66. The number of carbonyl (C=O) groups excluding carboxylic acids is 2. The topological polar surface area (TPSA) is 116 Å². The van der Waals surface area contributed by atoms with E-state index in [0.29, 0.717) is 44.8 Å². The van der Waals surface area contributed by atoms with Crippen LogP contribution >= 0.6 is 0 Å². The van der Waals surface area contributed by atoms with Crippen LogP contribution in [0.5, 0.6) is 0 Å². The van der Waals surface area contributed by atoms with Gasteiger partial charge in [-0.15, -0.1) is 0 Å². The number of fused-ring (bicyclic) bond motifs is 1. The summed E-state index contributed by atoms with van der Waals surface area (Å²) in [4.78, 5) is 44.0. The van der Waals surface area contributed by atoms with Gasteiger partial charge >= 0.3 is 6.09 Å². The van der Waals surface area contributed by atoms with Gasteiger partial charge < -0.3 is 24.1 Å². The highest BCUT2D eigenvalue weighted by Crippen LogP contribution is 2.24. The van der Waals surface area contributed by atoms with E-state index in [1.54, 1.807) is 18.9 Å². The fourth-order valence-corrected chi connectivity index (χ4v) is 3.60. The summed E-state index contributed by atoms with van der Waals surface area (Å²) in [5, 5.41) is 3.04. The molecule has 2 aromatic heterocycles. The number of hydrogen-bond donors (Lipinski definition) is 1. The number of ether oxygens (including phenoxy) is 2. The Balaban J connectivity index is 1.73. The molecule has 170 valence electrons. The quantitative estimate of drug-likeness (QED) is 0.766. The van der Waals surface area contributed by atoms with E-state index < -0.39 is 11.7 Å². The summed E-state index contributed by atoms with van der Waals surface area (Å²) in [5.41, 5.74) is -0.493. The molecule has 2 amide bonds. The van der Waals surface area contributed by atoms with Crippen LogP contribution in [-0.2, 0) is 16.0 Å². The smallest absolute Gasteiger partial charge is 0.407 e. The molecule has 1 fully saturated rings. The molecule has 3 rings (SSSR count). The van der Waals surface area contributed by atoms with E-state index in [2.05, 4.69) is 10.3 Å². The van der Waals surface area contributed by atoms with E-state index in [-0.39, 0.29) is 34.2 Å². The molecule has 1 aliphatic heterocycles. The Morgan fingerprint density at radius 2 is 1.97 bits per heavy atom. The zero-order valence-electron chi connectivity index (χ0n) is 18.7. The van der Waals surface area contributed by atoms with Crippen LogP contribution in [0, 0.1) is 6.92 Å². The van der Waals surface area contributed by atoms with E-state index in [9.17, 15) is 14.4 Å². The summed E-state index contributed by atoms with van der Waals surface area (Å²) in [6, 6.07) is -0.0750. The van der Waals surface area contributed by atoms with Gasteiger partial charge in [-0.1, -0.05) is 0 Å². The van der Waals surface area contributed by atoms with Crippen LogP contribution in [0.3, 0.4) is 0 Å². The molecular formula is C21H30N4O6. The van der Waals surface area contributed by atoms with Crippen molar-refractivity contribution in [3.05, 3.63) is 28.0 Å². The predicted molar refractivity (Wildman–Crippen MR) is 113 cm³/mol. The molecule has 31 heavy (non-hydrogen) atoms. The van der Waals surface area contributed by atoms with Gasteiger partial charge in [0.15, 0.2) is 0 Å². The molecule has 1 N–H and O–H groups in total. The van der Waals surface area contributed by atoms with Crippen molar-refractivity contribution >= 4 is 23.1 Å². The first-order valence-corrected chi connectivity index (χ1v) is 10.4. The number of nitrogens with one attached hydrogen (secondary N) is 1. The number of aryl methyl sites for hydroxylation is 1. The molecule has 0 aliphatic carbocycles. The Morgan fingerprint density at radius 1 is 1.29 bits per heavy atom. The maximum Gasteiger partial charge on any atom is 0.407 e. The Kier molecular flexibility index (Phi) is 6.68. The van der Waals surface area contributed by atoms with Gasteiger partial charge in [-0.25, -0.2) is 9.78 Å². The highest BCUT2D eigenvalue weighted by Gasteiger charge is 2.30. The molecule has 1 aliphatic rings. The maximum absolute atomic E-state index is 13.2. The van der Waals surface area contributed by atoms with Crippen LogP contribution in [-0.4, -0.2) is 64.9 Å². The number of likely N-dealkylation sites (tertiary alicyclic amines) is 1. The summed E-state index contributed by atoms with van der Waals surface area (Å²) < 4.78 is 17.3. The van der Waals surface area contributed by atoms with Gasteiger partial charge in [0.05, 0.1) is 18.7 Å².